The minimum atomic E-state index is -0.631. The van der Waals surface area contributed by atoms with Gasteiger partial charge in [0.05, 0.1) is 0 Å². The first kappa shape index (κ1) is 17.7. The molecular weight excluding hydrogens is 342 g/mol. The van der Waals surface area contributed by atoms with Crippen LogP contribution in [0.1, 0.15) is 24.0 Å². The van der Waals surface area contributed by atoms with Crippen LogP contribution in [0.3, 0.4) is 0 Å². The van der Waals surface area contributed by atoms with E-state index in [1.54, 1.807) is 12.1 Å². The van der Waals surface area contributed by atoms with Crippen molar-refractivity contribution in [2.45, 2.75) is 19.3 Å². The Bertz CT molecular complexity index is 861. The van der Waals surface area contributed by atoms with Crippen molar-refractivity contribution in [2.75, 3.05) is 12.4 Å². The molecule has 0 bridgehead atoms. The van der Waals surface area contributed by atoms with Crippen molar-refractivity contribution in [2.24, 2.45) is 5.10 Å². The number of rotatable bonds is 4. The Balaban J connectivity index is 1.65. The van der Waals surface area contributed by atoms with Gasteiger partial charge in [0.15, 0.2) is 0 Å². The summed E-state index contributed by atoms with van der Waals surface area (Å²) in [5.74, 6) is -1.50. The third-order valence-corrected chi connectivity index (χ3v) is 3.87. The SMILES string of the molecule is CN1N=C(C(=O)Nc2ccc(Cc3cc(F)cc(F)c3)cn2)CCC1=O. The quantitative estimate of drug-likeness (QED) is 0.913. The van der Waals surface area contributed by atoms with Crippen LogP contribution in [0.2, 0.25) is 0 Å². The molecule has 1 aromatic carbocycles. The van der Waals surface area contributed by atoms with E-state index in [0.717, 1.165) is 16.6 Å². The monoisotopic (exact) mass is 358 g/mol. The van der Waals surface area contributed by atoms with E-state index >= 15 is 0 Å². The largest absolute Gasteiger partial charge is 0.305 e. The van der Waals surface area contributed by atoms with Crippen LogP contribution < -0.4 is 5.32 Å². The van der Waals surface area contributed by atoms with Crippen molar-refractivity contribution < 1.29 is 18.4 Å². The highest BCUT2D eigenvalue weighted by atomic mass is 19.1. The van der Waals surface area contributed by atoms with Gasteiger partial charge in [-0.2, -0.15) is 5.10 Å². The van der Waals surface area contributed by atoms with Crippen molar-refractivity contribution in [3.63, 3.8) is 0 Å². The summed E-state index contributed by atoms with van der Waals surface area (Å²) in [6.45, 7) is 0. The number of hydrogen-bond acceptors (Lipinski definition) is 4. The second-order valence-corrected chi connectivity index (χ2v) is 5.92. The number of hydrazone groups is 1. The first-order valence-corrected chi connectivity index (χ1v) is 7.96. The highest BCUT2D eigenvalue weighted by molar-refractivity contribution is 6.43. The van der Waals surface area contributed by atoms with Crippen molar-refractivity contribution in [3.05, 3.63) is 59.3 Å². The maximum absolute atomic E-state index is 13.2. The van der Waals surface area contributed by atoms with Crippen LogP contribution in [0.25, 0.3) is 0 Å². The molecule has 0 radical (unpaired) electrons. The highest BCUT2D eigenvalue weighted by Gasteiger charge is 2.22. The number of carbonyl (C=O) groups excluding carboxylic acids is 2. The molecule has 0 atom stereocenters. The molecule has 3 rings (SSSR count). The van der Waals surface area contributed by atoms with Crippen molar-refractivity contribution in [1.29, 1.82) is 0 Å². The Morgan fingerprint density at radius 2 is 1.88 bits per heavy atom. The van der Waals surface area contributed by atoms with Gasteiger partial charge in [-0.1, -0.05) is 6.07 Å². The molecule has 1 aromatic heterocycles. The molecule has 2 amide bonds. The van der Waals surface area contributed by atoms with Gasteiger partial charge in [-0.05, 0) is 35.7 Å². The smallest absolute Gasteiger partial charge is 0.273 e. The number of benzene rings is 1. The van der Waals surface area contributed by atoms with Crippen LogP contribution in [0.5, 0.6) is 0 Å². The Morgan fingerprint density at radius 3 is 2.50 bits per heavy atom. The highest BCUT2D eigenvalue weighted by Crippen LogP contribution is 2.15. The number of aromatic nitrogens is 1. The lowest BCUT2D eigenvalue weighted by molar-refractivity contribution is -0.130. The van der Waals surface area contributed by atoms with Crippen LogP contribution in [0.4, 0.5) is 14.6 Å². The number of hydrogen-bond donors (Lipinski definition) is 1. The molecule has 0 saturated heterocycles. The standard InChI is InChI=1S/C18H16F2N4O2/c1-24-17(25)5-3-15(23-24)18(26)22-16-4-2-11(10-21-16)6-12-7-13(19)9-14(20)8-12/h2,4,7-10H,3,5-6H2,1H3,(H,21,22,26). The Labute approximate surface area is 148 Å². The van der Waals surface area contributed by atoms with E-state index < -0.39 is 17.5 Å². The summed E-state index contributed by atoms with van der Waals surface area (Å²) in [4.78, 5) is 27.7. The average Bonchev–Trinajstić information content (AvgIpc) is 2.58. The van der Waals surface area contributed by atoms with E-state index in [-0.39, 0.29) is 24.5 Å². The maximum Gasteiger partial charge on any atom is 0.273 e. The van der Waals surface area contributed by atoms with E-state index in [2.05, 4.69) is 15.4 Å². The summed E-state index contributed by atoms with van der Waals surface area (Å²) in [5.41, 5.74) is 1.49. The topological polar surface area (TPSA) is 74.7 Å². The van der Waals surface area contributed by atoms with Crippen molar-refractivity contribution in [3.8, 4) is 0 Å². The minimum Gasteiger partial charge on any atom is -0.305 e. The van der Waals surface area contributed by atoms with Gasteiger partial charge in [0.1, 0.15) is 23.2 Å². The van der Waals surface area contributed by atoms with Crippen LogP contribution in [-0.2, 0) is 16.0 Å². The molecule has 1 aliphatic heterocycles. The predicted octanol–water partition coefficient (Wildman–Crippen LogP) is 2.50. The molecule has 0 spiro atoms. The van der Waals surface area contributed by atoms with E-state index in [9.17, 15) is 18.4 Å². The fourth-order valence-corrected chi connectivity index (χ4v) is 2.57. The number of pyridine rings is 1. The molecule has 134 valence electrons. The second-order valence-electron chi connectivity index (χ2n) is 5.92. The van der Waals surface area contributed by atoms with E-state index in [0.29, 0.717) is 17.8 Å². The summed E-state index contributed by atoms with van der Waals surface area (Å²) in [6.07, 6.45) is 2.35. The second kappa shape index (κ2) is 7.38. The average molecular weight is 358 g/mol. The van der Waals surface area contributed by atoms with Crippen molar-refractivity contribution >= 4 is 23.3 Å². The normalized spacial score (nSPS) is 14.2. The summed E-state index contributed by atoms with van der Waals surface area (Å²) < 4.78 is 26.5. The van der Waals surface area contributed by atoms with Gasteiger partial charge in [-0.25, -0.2) is 18.8 Å². The van der Waals surface area contributed by atoms with Crippen molar-refractivity contribution in [1.82, 2.24) is 9.99 Å². The molecule has 1 aliphatic rings. The van der Waals surface area contributed by atoms with Crippen LogP contribution in [-0.4, -0.2) is 34.6 Å². The molecule has 0 fully saturated rings. The molecular formula is C18H16F2N4O2. The summed E-state index contributed by atoms with van der Waals surface area (Å²) in [5, 5.41) is 7.70. The van der Waals surface area contributed by atoms with E-state index in [4.69, 9.17) is 0 Å². The Morgan fingerprint density at radius 1 is 1.15 bits per heavy atom. The van der Waals surface area contributed by atoms with E-state index in [1.165, 1.54) is 25.4 Å². The summed E-state index contributed by atoms with van der Waals surface area (Å²) in [6, 6.07) is 6.65. The molecule has 1 N–H and O–H groups in total. The third kappa shape index (κ3) is 4.27. The summed E-state index contributed by atoms with van der Waals surface area (Å²) in [7, 11) is 1.50. The maximum atomic E-state index is 13.2. The number of halogens is 2. The zero-order chi connectivity index (χ0) is 18.7. The fraction of sp³-hybridized carbons (Fsp3) is 0.222. The Hall–Kier alpha value is -3.16. The molecule has 26 heavy (non-hydrogen) atoms. The molecule has 2 heterocycles. The molecule has 0 saturated carbocycles. The van der Waals surface area contributed by atoms with Crippen LogP contribution >= 0.6 is 0 Å². The van der Waals surface area contributed by atoms with Crippen LogP contribution in [0, 0.1) is 11.6 Å². The number of anilines is 1. The molecule has 0 unspecified atom stereocenters. The molecule has 2 aromatic rings. The minimum absolute atomic E-state index is 0.141. The first-order valence-electron chi connectivity index (χ1n) is 7.96. The van der Waals surface area contributed by atoms with Gasteiger partial charge in [0.2, 0.25) is 5.91 Å². The van der Waals surface area contributed by atoms with Gasteiger partial charge < -0.3 is 5.32 Å². The van der Waals surface area contributed by atoms with Gasteiger partial charge in [0.25, 0.3) is 5.91 Å². The zero-order valence-corrected chi connectivity index (χ0v) is 14.0. The number of carbonyl (C=O) groups is 2. The number of amides is 2. The van der Waals surface area contributed by atoms with E-state index in [1.807, 2.05) is 0 Å². The predicted molar refractivity (Wildman–Crippen MR) is 91.5 cm³/mol. The van der Waals surface area contributed by atoms with Crippen LogP contribution in [0.15, 0.2) is 41.6 Å². The van der Waals surface area contributed by atoms with Gasteiger partial charge in [-0.15, -0.1) is 0 Å². The Kier molecular flexibility index (Phi) is 5.01. The number of nitrogens with zero attached hydrogens (tertiary/aromatic N) is 3. The molecule has 8 heteroatoms. The lowest BCUT2D eigenvalue weighted by Gasteiger charge is -2.18. The zero-order valence-electron chi connectivity index (χ0n) is 14.0. The molecule has 0 aliphatic carbocycles. The third-order valence-electron chi connectivity index (χ3n) is 3.87. The lowest BCUT2D eigenvalue weighted by Crippen LogP contribution is -2.34. The lowest BCUT2D eigenvalue weighted by atomic mass is 10.1. The van der Waals surface area contributed by atoms with Gasteiger partial charge >= 0.3 is 0 Å². The van der Waals surface area contributed by atoms with Gasteiger partial charge in [-0.3, -0.25) is 9.59 Å². The number of nitrogens with one attached hydrogen (secondary N) is 1. The molecule has 6 nitrogen and oxygen atoms in total. The van der Waals surface area contributed by atoms with Gasteiger partial charge in [0, 0.05) is 32.2 Å². The fourth-order valence-electron chi connectivity index (χ4n) is 2.57. The first-order chi connectivity index (χ1) is 12.4. The summed E-state index contributed by atoms with van der Waals surface area (Å²) >= 11 is 0.